The van der Waals surface area contributed by atoms with Crippen LogP contribution in [0.15, 0.2) is 47.4 Å². The van der Waals surface area contributed by atoms with E-state index in [1.165, 1.54) is 4.90 Å². The third-order valence-corrected chi connectivity index (χ3v) is 6.17. The number of fused-ring (bicyclic) bond motifs is 1. The van der Waals surface area contributed by atoms with Crippen molar-refractivity contribution in [3.63, 3.8) is 0 Å². The molecule has 2 aromatic carbocycles. The molecule has 0 unspecified atom stereocenters. The van der Waals surface area contributed by atoms with E-state index in [9.17, 15) is 14.4 Å². The molecule has 2 aliphatic rings. The van der Waals surface area contributed by atoms with Crippen molar-refractivity contribution in [2.24, 2.45) is 0 Å². The third-order valence-electron chi connectivity index (χ3n) is 5.44. The first kappa shape index (κ1) is 19.5. The zero-order valence-electron chi connectivity index (χ0n) is 16.2. The molecule has 1 aliphatic carbocycles. The summed E-state index contributed by atoms with van der Waals surface area (Å²) in [6.07, 6.45) is 6.95. The lowest BCUT2D eigenvalue weighted by Crippen LogP contribution is -2.40. The Labute approximate surface area is 174 Å². The summed E-state index contributed by atoms with van der Waals surface area (Å²) in [4.78, 5) is 40.4. The molecule has 1 fully saturated rings. The van der Waals surface area contributed by atoms with Gasteiger partial charge in [-0.25, -0.2) is 4.79 Å². The molecule has 6 nitrogen and oxygen atoms in total. The molecule has 2 aromatic rings. The molecule has 7 heteroatoms. The van der Waals surface area contributed by atoms with Crippen LogP contribution in [0.2, 0.25) is 0 Å². The number of urea groups is 1. The summed E-state index contributed by atoms with van der Waals surface area (Å²) in [5, 5.41) is 5.54. The minimum atomic E-state index is -0.399. The van der Waals surface area contributed by atoms with E-state index in [1.54, 1.807) is 30.0 Å². The number of nitrogens with one attached hydrogen (secondary N) is 2. The molecule has 1 heterocycles. The van der Waals surface area contributed by atoms with Crippen molar-refractivity contribution in [2.75, 3.05) is 16.9 Å². The maximum Gasteiger partial charge on any atom is 0.323 e. The van der Waals surface area contributed by atoms with Gasteiger partial charge in [-0.05, 0) is 55.5 Å². The van der Waals surface area contributed by atoms with E-state index in [0.29, 0.717) is 22.5 Å². The van der Waals surface area contributed by atoms with Gasteiger partial charge >= 0.3 is 6.03 Å². The van der Waals surface area contributed by atoms with Crippen LogP contribution in [0.5, 0.6) is 0 Å². The Morgan fingerprint density at radius 2 is 1.62 bits per heavy atom. The van der Waals surface area contributed by atoms with E-state index in [1.807, 2.05) is 30.5 Å². The molecule has 1 saturated carbocycles. The fraction of sp³-hybridized carbons (Fsp3) is 0.318. The molecule has 4 amide bonds. The molecule has 0 radical (unpaired) electrons. The van der Waals surface area contributed by atoms with Gasteiger partial charge in [0.1, 0.15) is 0 Å². The SMILES string of the molecule is CSc1cccc(NC(=O)Nc2ccc3c(c2)C(=O)N(C2CCCCC2)C3=O)c1. The maximum atomic E-state index is 12.9. The second kappa shape index (κ2) is 8.29. The summed E-state index contributed by atoms with van der Waals surface area (Å²) in [5.41, 5.74) is 1.95. The molecule has 4 rings (SSSR count). The van der Waals surface area contributed by atoms with Crippen LogP contribution in [0.4, 0.5) is 16.2 Å². The van der Waals surface area contributed by atoms with E-state index in [2.05, 4.69) is 10.6 Å². The average molecular weight is 410 g/mol. The molecule has 0 aromatic heterocycles. The van der Waals surface area contributed by atoms with Gasteiger partial charge in [-0.2, -0.15) is 0 Å². The van der Waals surface area contributed by atoms with Crippen LogP contribution in [-0.2, 0) is 0 Å². The predicted octanol–water partition coefficient (Wildman–Crippen LogP) is 4.98. The fourth-order valence-corrected chi connectivity index (χ4v) is 4.46. The van der Waals surface area contributed by atoms with Crippen molar-refractivity contribution < 1.29 is 14.4 Å². The standard InChI is InChI=1S/C22H23N3O3S/c1-29-17-9-5-6-14(12-17)23-22(28)24-15-10-11-18-19(13-15)21(27)25(20(18)26)16-7-3-2-4-8-16/h5-6,9-13,16H,2-4,7-8H2,1H3,(H2,23,24,28). The molecular weight excluding hydrogens is 386 g/mol. The van der Waals surface area contributed by atoms with Crippen molar-refractivity contribution >= 4 is 41.0 Å². The van der Waals surface area contributed by atoms with Gasteiger partial charge in [-0.3, -0.25) is 14.5 Å². The molecule has 0 spiro atoms. The van der Waals surface area contributed by atoms with Crippen molar-refractivity contribution in [3.8, 4) is 0 Å². The minimum absolute atomic E-state index is 0.0143. The van der Waals surface area contributed by atoms with Crippen LogP contribution in [0.3, 0.4) is 0 Å². The number of imide groups is 1. The number of carbonyl (C=O) groups excluding carboxylic acids is 3. The van der Waals surface area contributed by atoms with Crippen molar-refractivity contribution in [2.45, 2.75) is 43.0 Å². The Bertz CT molecular complexity index is 970. The molecule has 1 aliphatic heterocycles. The van der Waals surface area contributed by atoms with Gasteiger partial charge in [0.2, 0.25) is 0 Å². The van der Waals surface area contributed by atoms with E-state index >= 15 is 0 Å². The van der Waals surface area contributed by atoms with E-state index < -0.39 is 6.03 Å². The first-order chi connectivity index (χ1) is 14.1. The summed E-state index contributed by atoms with van der Waals surface area (Å²) >= 11 is 1.59. The number of hydrogen-bond donors (Lipinski definition) is 2. The summed E-state index contributed by atoms with van der Waals surface area (Å²) in [6, 6.07) is 12.0. The van der Waals surface area contributed by atoms with Gasteiger partial charge in [0.15, 0.2) is 0 Å². The lowest BCUT2D eigenvalue weighted by molar-refractivity contribution is 0.0549. The Kier molecular flexibility index (Phi) is 5.58. The molecule has 2 N–H and O–H groups in total. The number of amides is 4. The van der Waals surface area contributed by atoms with E-state index in [-0.39, 0.29) is 17.9 Å². The Hall–Kier alpha value is -2.80. The molecule has 0 saturated heterocycles. The topological polar surface area (TPSA) is 78.5 Å². The molecule has 0 atom stereocenters. The summed E-state index contributed by atoms with van der Waals surface area (Å²) in [7, 11) is 0. The number of carbonyl (C=O) groups is 3. The monoisotopic (exact) mass is 409 g/mol. The first-order valence-corrected chi connectivity index (χ1v) is 11.0. The van der Waals surface area contributed by atoms with Gasteiger partial charge in [-0.15, -0.1) is 11.8 Å². The number of thioether (sulfide) groups is 1. The second-order valence-electron chi connectivity index (χ2n) is 7.34. The molecule has 150 valence electrons. The third kappa shape index (κ3) is 4.00. The highest BCUT2D eigenvalue weighted by atomic mass is 32.2. The van der Waals surface area contributed by atoms with Crippen molar-refractivity contribution in [3.05, 3.63) is 53.6 Å². The second-order valence-corrected chi connectivity index (χ2v) is 8.22. The van der Waals surface area contributed by atoms with Crippen LogP contribution < -0.4 is 10.6 Å². The van der Waals surface area contributed by atoms with Crippen molar-refractivity contribution in [1.82, 2.24) is 4.90 Å². The lowest BCUT2D eigenvalue weighted by Gasteiger charge is -2.29. The highest BCUT2D eigenvalue weighted by molar-refractivity contribution is 7.98. The van der Waals surface area contributed by atoms with Gasteiger partial charge in [0, 0.05) is 22.3 Å². The normalized spacial score (nSPS) is 16.7. The smallest absolute Gasteiger partial charge is 0.308 e. The summed E-state index contributed by atoms with van der Waals surface area (Å²) in [5.74, 6) is -0.476. The Balaban J connectivity index is 1.47. The predicted molar refractivity (Wildman–Crippen MR) is 115 cm³/mol. The lowest BCUT2D eigenvalue weighted by atomic mass is 9.94. The maximum absolute atomic E-state index is 12.9. The number of anilines is 2. The van der Waals surface area contributed by atoms with Crippen LogP contribution in [0.1, 0.15) is 52.8 Å². The van der Waals surface area contributed by atoms with Gasteiger partial charge in [-0.1, -0.05) is 25.3 Å². The zero-order chi connectivity index (χ0) is 20.4. The highest BCUT2D eigenvalue weighted by Gasteiger charge is 2.40. The largest absolute Gasteiger partial charge is 0.323 e. The zero-order valence-corrected chi connectivity index (χ0v) is 17.1. The van der Waals surface area contributed by atoms with Gasteiger partial charge < -0.3 is 10.6 Å². The van der Waals surface area contributed by atoms with Gasteiger partial charge in [0.05, 0.1) is 11.1 Å². The molecule has 29 heavy (non-hydrogen) atoms. The van der Waals surface area contributed by atoms with Crippen LogP contribution in [0, 0.1) is 0 Å². The molecular formula is C22H23N3O3S. The number of hydrogen-bond acceptors (Lipinski definition) is 4. The van der Waals surface area contributed by atoms with Crippen LogP contribution >= 0.6 is 11.8 Å². The highest BCUT2D eigenvalue weighted by Crippen LogP contribution is 2.32. The van der Waals surface area contributed by atoms with E-state index in [4.69, 9.17) is 0 Å². The quantitative estimate of drug-likeness (QED) is 0.551. The van der Waals surface area contributed by atoms with Crippen LogP contribution in [0.25, 0.3) is 0 Å². The number of rotatable bonds is 4. The number of benzene rings is 2. The Morgan fingerprint density at radius 1 is 0.931 bits per heavy atom. The summed E-state index contributed by atoms with van der Waals surface area (Å²) in [6.45, 7) is 0. The minimum Gasteiger partial charge on any atom is -0.308 e. The molecule has 0 bridgehead atoms. The van der Waals surface area contributed by atoms with Crippen LogP contribution in [-0.4, -0.2) is 35.0 Å². The van der Waals surface area contributed by atoms with Crippen molar-refractivity contribution in [1.29, 1.82) is 0 Å². The van der Waals surface area contributed by atoms with Gasteiger partial charge in [0.25, 0.3) is 11.8 Å². The fourth-order valence-electron chi connectivity index (χ4n) is 4.00. The van der Waals surface area contributed by atoms with E-state index in [0.717, 1.165) is 37.0 Å². The number of nitrogens with zero attached hydrogens (tertiary/aromatic N) is 1. The first-order valence-electron chi connectivity index (χ1n) is 9.81. The summed E-state index contributed by atoms with van der Waals surface area (Å²) < 4.78 is 0. The Morgan fingerprint density at radius 3 is 2.34 bits per heavy atom. The average Bonchev–Trinajstić information content (AvgIpc) is 2.98.